The Bertz CT molecular complexity index is 1030. The van der Waals surface area contributed by atoms with Gasteiger partial charge in [0.05, 0.1) is 31.4 Å². The molecule has 0 bridgehead atoms. The van der Waals surface area contributed by atoms with Crippen LogP contribution in [0.3, 0.4) is 0 Å². The molecule has 0 spiro atoms. The number of benzene rings is 2. The van der Waals surface area contributed by atoms with Gasteiger partial charge in [0.25, 0.3) is 11.7 Å². The summed E-state index contributed by atoms with van der Waals surface area (Å²) in [6.07, 6.45) is -0.00201. The highest BCUT2D eigenvalue weighted by Crippen LogP contribution is 2.40. The molecule has 6 nitrogen and oxygen atoms in total. The molecule has 1 amide bonds. The van der Waals surface area contributed by atoms with E-state index in [1.165, 1.54) is 4.90 Å². The number of hydrogen-bond acceptors (Lipinski definition) is 5. The Morgan fingerprint density at radius 3 is 2.58 bits per heavy atom. The molecule has 31 heavy (non-hydrogen) atoms. The molecule has 164 valence electrons. The number of aliphatic hydroxyl groups is 1. The van der Waals surface area contributed by atoms with E-state index in [1.54, 1.807) is 43.5 Å². The van der Waals surface area contributed by atoms with Crippen LogP contribution in [0.4, 0.5) is 0 Å². The molecule has 1 aliphatic heterocycles. The van der Waals surface area contributed by atoms with Gasteiger partial charge in [0.2, 0.25) is 0 Å². The summed E-state index contributed by atoms with van der Waals surface area (Å²) in [5.74, 6) is -0.971. The van der Waals surface area contributed by atoms with E-state index in [0.29, 0.717) is 16.9 Å². The summed E-state index contributed by atoms with van der Waals surface area (Å²) < 4.78 is 11.8. The van der Waals surface area contributed by atoms with Crippen molar-refractivity contribution in [2.24, 2.45) is 0 Å². The number of halogens is 1. The van der Waals surface area contributed by atoms with Crippen molar-refractivity contribution in [3.05, 3.63) is 69.2 Å². The van der Waals surface area contributed by atoms with E-state index in [9.17, 15) is 14.7 Å². The third kappa shape index (κ3) is 4.83. The smallest absolute Gasteiger partial charge is 0.295 e. The first-order valence-electron chi connectivity index (χ1n) is 10.0. The number of rotatable bonds is 7. The van der Waals surface area contributed by atoms with Gasteiger partial charge in [-0.2, -0.15) is 0 Å². The molecule has 1 aliphatic rings. The lowest BCUT2D eigenvalue weighted by Gasteiger charge is -2.26. The zero-order valence-corrected chi connectivity index (χ0v) is 19.6. The summed E-state index contributed by atoms with van der Waals surface area (Å²) in [6.45, 7) is 6.21. The van der Waals surface area contributed by atoms with E-state index in [0.717, 1.165) is 10.0 Å². The van der Waals surface area contributed by atoms with Gasteiger partial charge >= 0.3 is 0 Å². The predicted molar refractivity (Wildman–Crippen MR) is 122 cm³/mol. The van der Waals surface area contributed by atoms with Crippen molar-refractivity contribution in [2.75, 3.05) is 20.3 Å². The quantitative estimate of drug-likeness (QED) is 0.350. The number of Topliss-reactive ketones (excluding diaryl/α,β-unsaturated/α-hetero) is 1. The average molecular weight is 488 g/mol. The average Bonchev–Trinajstić information content (AvgIpc) is 3.00. The van der Waals surface area contributed by atoms with E-state index < -0.39 is 17.7 Å². The highest BCUT2D eigenvalue weighted by atomic mass is 79.9. The molecule has 1 heterocycles. The van der Waals surface area contributed by atoms with Gasteiger partial charge in [-0.15, -0.1) is 0 Å². The minimum absolute atomic E-state index is 0.00201. The van der Waals surface area contributed by atoms with Gasteiger partial charge < -0.3 is 19.5 Å². The largest absolute Gasteiger partial charge is 0.507 e. The highest BCUT2D eigenvalue weighted by Gasteiger charge is 2.46. The number of carbonyl (C=O) groups excluding carboxylic acids is 2. The van der Waals surface area contributed by atoms with Crippen molar-refractivity contribution in [2.45, 2.75) is 32.9 Å². The Hall–Kier alpha value is -2.64. The van der Waals surface area contributed by atoms with Crippen LogP contribution in [0.25, 0.3) is 5.76 Å². The minimum atomic E-state index is -0.741. The molecule has 3 rings (SSSR count). The third-order valence-electron chi connectivity index (χ3n) is 5.16. The first-order chi connectivity index (χ1) is 14.7. The van der Waals surface area contributed by atoms with Crippen molar-refractivity contribution < 1.29 is 24.2 Å². The summed E-state index contributed by atoms with van der Waals surface area (Å²) in [5, 5.41) is 11.1. The Balaban J connectivity index is 2.13. The minimum Gasteiger partial charge on any atom is -0.507 e. The van der Waals surface area contributed by atoms with Crippen LogP contribution >= 0.6 is 15.9 Å². The fourth-order valence-corrected chi connectivity index (χ4v) is 3.85. The molecule has 0 aromatic heterocycles. The molecule has 1 N–H and O–H groups in total. The van der Waals surface area contributed by atoms with Gasteiger partial charge in [0.1, 0.15) is 11.5 Å². The second kappa shape index (κ2) is 9.66. The number of amides is 1. The zero-order chi connectivity index (χ0) is 22.7. The van der Waals surface area contributed by atoms with Crippen LogP contribution in [-0.4, -0.2) is 48.1 Å². The SMILES string of the molecule is COc1cccc(C2/C(=C(/O)c3ccc(Br)c(C)c3)C(=O)C(=O)N2CCOC(C)C)c1. The van der Waals surface area contributed by atoms with Crippen molar-refractivity contribution in [1.82, 2.24) is 4.90 Å². The van der Waals surface area contributed by atoms with Crippen LogP contribution < -0.4 is 4.74 Å². The number of nitrogens with zero attached hydrogens (tertiary/aromatic N) is 1. The Morgan fingerprint density at radius 2 is 1.94 bits per heavy atom. The molecule has 0 saturated carbocycles. The zero-order valence-electron chi connectivity index (χ0n) is 18.0. The lowest BCUT2D eigenvalue weighted by Crippen LogP contribution is -2.33. The number of likely N-dealkylation sites (tertiary alicyclic amines) is 1. The van der Waals surface area contributed by atoms with E-state index in [-0.39, 0.29) is 30.6 Å². The predicted octanol–water partition coefficient (Wildman–Crippen LogP) is 4.61. The molecule has 0 aliphatic carbocycles. The molecule has 2 aromatic carbocycles. The Morgan fingerprint density at radius 1 is 1.19 bits per heavy atom. The number of carbonyl (C=O) groups is 2. The number of ether oxygens (including phenoxy) is 2. The van der Waals surface area contributed by atoms with Crippen molar-refractivity contribution in [3.63, 3.8) is 0 Å². The molecule has 1 saturated heterocycles. The number of hydrogen-bond donors (Lipinski definition) is 1. The molecular weight excluding hydrogens is 462 g/mol. The molecule has 1 fully saturated rings. The van der Waals surface area contributed by atoms with Gasteiger partial charge in [-0.05, 0) is 56.2 Å². The van der Waals surface area contributed by atoms with Crippen molar-refractivity contribution in [1.29, 1.82) is 0 Å². The fourth-order valence-electron chi connectivity index (χ4n) is 3.60. The lowest BCUT2D eigenvalue weighted by atomic mass is 9.94. The number of methoxy groups -OCH3 is 1. The van der Waals surface area contributed by atoms with E-state index in [2.05, 4.69) is 15.9 Å². The summed E-state index contributed by atoms with van der Waals surface area (Å²) in [5.41, 5.74) is 2.12. The monoisotopic (exact) mass is 487 g/mol. The van der Waals surface area contributed by atoms with Crippen molar-refractivity contribution >= 4 is 33.4 Å². The van der Waals surface area contributed by atoms with E-state index >= 15 is 0 Å². The topological polar surface area (TPSA) is 76.1 Å². The number of ketones is 1. The normalized spacial score (nSPS) is 18.1. The second-order valence-corrected chi connectivity index (χ2v) is 8.51. The van der Waals surface area contributed by atoms with Crippen LogP contribution in [-0.2, 0) is 14.3 Å². The molecule has 1 unspecified atom stereocenters. The summed E-state index contributed by atoms with van der Waals surface area (Å²) in [4.78, 5) is 27.4. The first-order valence-corrected chi connectivity index (χ1v) is 10.8. The van der Waals surface area contributed by atoms with Gasteiger partial charge in [0.15, 0.2) is 0 Å². The second-order valence-electron chi connectivity index (χ2n) is 7.65. The Labute approximate surface area is 190 Å². The fraction of sp³-hybridized carbons (Fsp3) is 0.333. The maximum absolute atomic E-state index is 13.0. The maximum atomic E-state index is 13.0. The van der Waals surface area contributed by atoms with Crippen LogP contribution in [0.15, 0.2) is 52.5 Å². The molecule has 0 radical (unpaired) electrons. The van der Waals surface area contributed by atoms with Gasteiger partial charge in [-0.3, -0.25) is 9.59 Å². The van der Waals surface area contributed by atoms with Crippen LogP contribution in [0.1, 0.15) is 36.6 Å². The molecule has 1 atom stereocenters. The highest BCUT2D eigenvalue weighted by molar-refractivity contribution is 9.10. The lowest BCUT2D eigenvalue weighted by molar-refractivity contribution is -0.140. The summed E-state index contributed by atoms with van der Waals surface area (Å²) in [7, 11) is 1.55. The first kappa shape index (κ1) is 23.0. The third-order valence-corrected chi connectivity index (χ3v) is 6.05. The molecular formula is C24H26BrNO5. The summed E-state index contributed by atoms with van der Waals surface area (Å²) >= 11 is 3.44. The summed E-state index contributed by atoms with van der Waals surface area (Å²) in [6, 6.07) is 11.7. The maximum Gasteiger partial charge on any atom is 0.295 e. The molecule has 2 aromatic rings. The Kier molecular flexibility index (Phi) is 7.18. The standard InChI is InChI=1S/C24H26BrNO5/c1-14(2)31-11-10-26-21(16-6-5-7-18(13-16)30-4)20(23(28)24(26)29)22(27)17-8-9-19(25)15(3)12-17/h5-9,12-14,21,27H,10-11H2,1-4H3/b22-20-. The van der Waals surface area contributed by atoms with Crippen LogP contribution in [0, 0.1) is 6.92 Å². The van der Waals surface area contributed by atoms with Gasteiger partial charge in [-0.25, -0.2) is 0 Å². The molecule has 7 heteroatoms. The number of aliphatic hydroxyl groups excluding tert-OH is 1. The van der Waals surface area contributed by atoms with Gasteiger partial charge in [0, 0.05) is 16.6 Å². The number of aryl methyl sites for hydroxylation is 1. The van der Waals surface area contributed by atoms with Crippen LogP contribution in [0.5, 0.6) is 5.75 Å². The van der Waals surface area contributed by atoms with E-state index in [4.69, 9.17) is 9.47 Å². The van der Waals surface area contributed by atoms with Crippen molar-refractivity contribution in [3.8, 4) is 5.75 Å². The van der Waals surface area contributed by atoms with Gasteiger partial charge in [-0.1, -0.05) is 34.1 Å². The van der Waals surface area contributed by atoms with E-state index in [1.807, 2.05) is 26.8 Å². The van der Waals surface area contributed by atoms with Crippen LogP contribution in [0.2, 0.25) is 0 Å².